The van der Waals surface area contributed by atoms with Crippen LogP contribution in [0, 0.1) is 5.92 Å². The maximum Gasteiger partial charge on any atom is 0.137 e. The summed E-state index contributed by atoms with van der Waals surface area (Å²) in [5.41, 5.74) is 0. The third-order valence-electron chi connectivity index (χ3n) is 1.32. The van der Waals surface area contributed by atoms with Gasteiger partial charge < -0.3 is 5.11 Å². The second-order valence-corrected chi connectivity index (χ2v) is 2.30. The van der Waals surface area contributed by atoms with E-state index in [1.807, 2.05) is 6.92 Å². The molecule has 54 valence electrons. The minimum absolute atomic E-state index is 0.0150. The van der Waals surface area contributed by atoms with E-state index in [9.17, 15) is 4.79 Å². The van der Waals surface area contributed by atoms with Crippen LogP contribution in [0.5, 0.6) is 0 Å². The van der Waals surface area contributed by atoms with Crippen LogP contribution in [0.25, 0.3) is 0 Å². The number of aliphatic hydroxyl groups excluding tert-OH is 1. The smallest absolute Gasteiger partial charge is 0.137 e. The minimum Gasteiger partial charge on any atom is -0.396 e. The molecule has 0 aromatic heterocycles. The molecular formula is C7H14O2. The molecule has 1 unspecified atom stereocenters. The Labute approximate surface area is 55.9 Å². The van der Waals surface area contributed by atoms with Gasteiger partial charge in [-0.05, 0) is 6.42 Å². The number of carbonyl (C=O) groups is 1. The Balaban J connectivity index is 3.46. The van der Waals surface area contributed by atoms with E-state index in [2.05, 4.69) is 0 Å². The molecule has 0 saturated carbocycles. The zero-order valence-electron chi connectivity index (χ0n) is 6.05. The monoisotopic (exact) mass is 130 g/mol. The summed E-state index contributed by atoms with van der Waals surface area (Å²) in [6, 6.07) is 0. The van der Waals surface area contributed by atoms with Gasteiger partial charge in [0.2, 0.25) is 0 Å². The fraction of sp³-hybridized carbons (Fsp3) is 0.857. The molecule has 0 aliphatic rings. The summed E-state index contributed by atoms with van der Waals surface area (Å²) in [5.74, 6) is 0.00458. The van der Waals surface area contributed by atoms with Gasteiger partial charge in [-0.15, -0.1) is 0 Å². The molecule has 0 spiro atoms. The first-order valence-electron chi connectivity index (χ1n) is 3.36. The summed E-state index contributed by atoms with van der Waals surface area (Å²) >= 11 is 0. The Bertz CT molecular complexity index is 88.9. The molecule has 0 saturated heterocycles. The molecule has 0 aromatic rings. The van der Waals surface area contributed by atoms with E-state index in [1.165, 1.54) is 0 Å². The summed E-state index contributed by atoms with van der Waals surface area (Å²) in [7, 11) is 0. The number of Topliss-reactive ketones (excluding diaryl/α,β-unsaturated/α-hetero) is 1. The van der Waals surface area contributed by atoms with Crippen molar-refractivity contribution >= 4 is 5.78 Å². The molecule has 0 heterocycles. The van der Waals surface area contributed by atoms with Gasteiger partial charge in [0, 0.05) is 12.3 Å². The molecule has 0 aliphatic heterocycles. The lowest BCUT2D eigenvalue weighted by atomic mass is 10.0. The molecule has 1 N–H and O–H groups in total. The molecule has 0 amide bonds. The number of ketones is 1. The molecule has 2 nitrogen and oxygen atoms in total. The van der Waals surface area contributed by atoms with Crippen LogP contribution in [0.1, 0.15) is 26.7 Å². The fourth-order valence-electron chi connectivity index (χ4n) is 0.595. The van der Waals surface area contributed by atoms with E-state index in [0.29, 0.717) is 6.42 Å². The second kappa shape index (κ2) is 4.50. The van der Waals surface area contributed by atoms with Gasteiger partial charge in [0.1, 0.15) is 5.78 Å². The standard InChI is InChI=1S/C7H14O2/c1-3-4-7(9)6(2)5-8/h6,8H,3-5H2,1-2H3. The van der Waals surface area contributed by atoms with Crippen molar-refractivity contribution in [2.75, 3.05) is 6.61 Å². The summed E-state index contributed by atoms with van der Waals surface area (Å²) < 4.78 is 0. The molecule has 0 radical (unpaired) electrons. The van der Waals surface area contributed by atoms with Crippen molar-refractivity contribution in [3.63, 3.8) is 0 Å². The quantitative estimate of drug-likeness (QED) is 0.616. The van der Waals surface area contributed by atoms with Crippen LogP contribution in [-0.2, 0) is 4.79 Å². The first-order valence-corrected chi connectivity index (χ1v) is 3.36. The van der Waals surface area contributed by atoms with Crippen LogP contribution in [0.3, 0.4) is 0 Å². The fourth-order valence-corrected chi connectivity index (χ4v) is 0.595. The van der Waals surface area contributed by atoms with Crippen LogP contribution in [0.2, 0.25) is 0 Å². The summed E-state index contributed by atoms with van der Waals surface area (Å²) in [6.07, 6.45) is 1.48. The first kappa shape index (κ1) is 8.63. The highest BCUT2D eigenvalue weighted by atomic mass is 16.3. The van der Waals surface area contributed by atoms with Crippen LogP contribution < -0.4 is 0 Å². The summed E-state index contributed by atoms with van der Waals surface area (Å²) in [6.45, 7) is 3.69. The Morgan fingerprint density at radius 1 is 1.67 bits per heavy atom. The summed E-state index contributed by atoms with van der Waals surface area (Å²) in [5, 5.41) is 8.51. The van der Waals surface area contributed by atoms with E-state index in [0.717, 1.165) is 6.42 Å². The van der Waals surface area contributed by atoms with Gasteiger partial charge in [0.05, 0.1) is 6.61 Å². The molecule has 0 aromatic carbocycles. The molecule has 0 bridgehead atoms. The highest BCUT2D eigenvalue weighted by Gasteiger charge is 2.08. The molecular weight excluding hydrogens is 116 g/mol. The lowest BCUT2D eigenvalue weighted by Gasteiger charge is -2.03. The predicted molar refractivity (Wildman–Crippen MR) is 36.2 cm³/mol. The lowest BCUT2D eigenvalue weighted by Crippen LogP contribution is -2.13. The molecule has 0 rings (SSSR count). The largest absolute Gasteiger partial charge is 0.396 e. The Morgan fingerprint density at radius 2 is 2.22 bits per heavy atom. The minimum atomic E-state index is -0.162. The Morgan fingerprint density at radius 3 is 2.56 bits per heavy atom. The predicted octanol–water partition coefficient (Wildman–Crippen LogP) is 0.984. The van der Waals surface area contributed by atoms with Gasteiger partial charge >= 0.3 is 0 Å². The second-order valence-electron chi connectivity index (χ2n) is 2.30. The van der Waals surface area contributed by atoms with Crippen molar-refractivity contribution in [3.05, 3.63) is 0 Å². The van der Waals surface area contributed by atoms with Gasteiger partial charge in [-0.3, -0.25) is 4.79 Å². The number of rotatable bonds is 4. The van der Waals surface area contributed by atoms with E-state index < -0.39 is 0 Å². The van der Waals surface area contributed by atoms with Crippen molar-refractivity contribution < 1.29 is 9.90 Å². The van der Waals surface area contributed by atoms with Gasteiger partial charge in [-0.25, -0.2) is 0 Å². The van der Waals surface area contributed by atoms with Crippen LogP contribution in [0.4, 0.5) is 0 Å². The Kier molecular flexibility index (Phi) is 4.32. The van der Waals surface area contributed by atoms with Crippen molar-refractivity contribution in [2.45, 2.75) is 26.7 Å². The molecule has 0 aliphatic carbocycles. The first-order chi connectivity index (χ1) is 4.22. The average Bonchev–Trinajstić information content (AvgIpc) is 1.87. The summed E-state index contributed by atoms with van der Waals surface area (Å²) in [4.78, 5) is 10.8. The zero-order chi connectivity index (χ0) is 7.28. The van der Waals surface area contributed by atoms with Crippen molar-refractivity contribution in [1.29, 1.82) is 0 Å². The van der Waals surface area contributed by atoms with Crippen LogP contribution >= 0.6 is 0 Å². The maximum absolute atomic E-state index is 10.8. The van der Waals surface area contributed by atoms with Gasteiger partial charge in [0.25, 0.3) is 0 Å². The van der Waals surface area contributed by atoms with Gasteiger partial charge in [-0.1, -0.05) is 13.8 Å². The highest BCUT2D eigenvalue weighted by molar-refractivity contribution is 5.80. The topological polar surface area (TPSA) is 37.3 Å². The normalized spacial score (nSPS) is 13.2. The molecule has 2 heteroatoms. The SMILES string of the molecule is CCCC(=O)C(C)CO. The maximum atomic E-state index is 10.8. The van der Waals surface area contributed by atoms with Crippen molar-refractivity contribution in [1.82, 2.24) is 0 Å². The van der Waals surface area contributed by atoms with E-state index in [4.69, 9.17) is 5.11 Å². The van der Waals surface area contributed by atoms with E-state index in [-0.39, 0.29) is 18.3 Å². The number of carbonyl (C=O) groups excluding carboxylic acids is 1. The zero-order valence-corrected chi connectivity index (χ0v) is 6.05. The average molecular weight is 130 g/mol. The van der Waals surface area contributed by atoms with Crippen molar-refractivity contribution in [2.24, 2.45) is 5.92 Å². The van der Waals surface area contributed by atoms with Crippen LogP contribution in [-0.4, -0.2) is 17.5 Å². The van der Waals surface area contributed by atoms with E-state index in [1.54, 1.807) is 6.92 Å². The lowest BCUT2D eigenvalue weighted by molar-refractivity contribution is -0.123. The third-order valence-corrected chi connectivity index (χ3v) is 1.32. The molecule has 0 fully saturated rings. The van der Waals surface area contributed by atoms with Gasteiger partial charge in [0.15, 0.2) is 0 Å². The van der Waals surface area contributed by atoms with E-state index >= 15 is 0 Å². The number of hydrogen-bond acceptors (Lipinski definition) is 2. The highest BCUT2D eigenvalue weighted by Crippen LogP contribution is 2.00. The van der Waals surface area contributed by atoms with Crippen LogP contribution in [0.15, 0.2) is 0 Å². The van der Waals surface area contributed by atoms with Crippen molar-refractivity contribution in [3.8, 4) is 0 Å². The third kappa shape index (κ3) is 3.25. The number of hydrogen-bond donors (Lipinski definition) is 1. The van der Waals surface area contributed by atoms with Gasteiger partial charge in [-0.2, -0.15) is 0 Å². The Hall–Kier alpha value is -0.370. The molecule has 1 atom stereocenters. The molecule has 9 heavy (non-hydrogen) atoms. The number of aliphatic hydroxyl groups is 1.